The molecule has 1 N–H and O–H groups in total. The highest BCUT2D eigenvalue weighted by Crippen LogP contribution is 2.41. The first-order valence-corrected chi connectivity index (χ1v) is 13.8. The van der Waals surface area contributed by atoms with Crippen molar-refractivity contribution in [1.82, 2.24) is 20.2 Å². The summed E-state index contributed by atoms with van der Waals surface area (Å²) in [4.78, 5) is 29.9. The summed E-state index contributed by atoms with van der Waals surface area (Å²) in [5.41, 5.74) is 2.56. The van der Waals surface area contributed by atoms with Crippen molar-refractivity contribution in [3.63, 3.8) is 0 Å². The van der Waals surface area contributed by atoms with Crippen LogP contribution in [0.5, 0.6) is 0 Å². The molecule has 6 nitrogen and oxygen atoms in total. The van der Waals surface area contributed by atoms with Gasteiger partial charge in [-0.05, 0) is 63.5 Å². The molecule has 2 aromatic heterocycles. The fourth-order valence-corrected chi connectivity index (χ4v) is 6.52. The molecular formula is C28H37N5OS. The van der Waals surface area contributed by atoms with Gasteiger partial charge in [-0.1, -0.05) is 37.3 Å². The monoisotopic (exact) mass is 491 g/mol. The number of anilines is 1. The molecule has 0 spiro atoms. The third-order valence-corrected chi connectivity index (χ3v) is 8.16. The molecular weight excluding hydrogens is 454 g/mol. The van der Waals surface area contributed by atoms with Crippen molar-refractivity contribution in [1.29, 1.82) is 0 Å². The van der Waals surface area contributed by atoms with Crippen LogP contribution in [0.3, 0.4) is 0 Å². The molecule has 35 heavy (non-hydrogen) atoms. The molecule has 1 aromatic carbocycles. The lowest BCUT2D eigenvalue weighted by atomic mass is 9.89. The van der Waals surface area contributed by atoms with Crippen LogP contribution in [0.4, 0.5) is 10.6 Å². The Morgan fingerprint density at radius 2 is 1.83 bits per heavy atom. The fourth-order valence-electron chi connectivity index (χ4n) is 5.13. The van der Waals surface area contributed by atoms with E-state index in [2.05, 4.69) is 47.5 Å². The number of carbonyl (C=O) groups is 1. The maximum Gasteiger partial charge on any atom is 0.317 e. The summed E-state index contributed by atoms with van der Waals surface area (Å²) in [7, 11) is 0. The van der Waals surface area contributed by atoms with Crippen LogP contribution in [0.1, 0.15) is 55.9 Å². The first kappa shape index (κ1) is 24.0. The van der Waals surface area contributed by atoms with E-state index in [1.807, 2.05) is 37.0 Å². The standard InChI is InChI=1S/C28H37N5OS/c1-19-10-12-21-22(18-19)35-26-24(21)25(29-23(30-26)13-11-20-8-6-5-7-9-20)32-14-16-33(17-15-32)27(34)31-28(2,3)4/h5-9,19H,10-18H2,1-4H3,(H,31,34)/t19-/m0/s1. The molecule has 186 valence electrons. The van der Waals surface area contributed by atoms with E-state index in [-0.39, 0.29) is 11.6 Å². The van der Waals surface area contributed by atoms with Gasteiger partial charge in [-0.25, -0.2) is 14.8 Å². The number of carbonyl (C=O) groups excluding carboxylic acids is 1. The van der Waals surface area contributed by atoms with E-state index >= 15 is 0 Å². The SMILES string of the molecule is C[C@H]1CCc2c(sc3nc(CCc4ccccc4)nc(N4CCN(C(=O)NC(C)(C)C)CC4)c23)C1. The summed E-state index contributed by atoms with van der Waals surface area (Å²) in [5.74, 6) is 2.74. The number of urea groups is 1. The van der Waals surface area contributed by atoms with Crippen molar-refractivity contribution < 1.29 is 4.79 Å². The number of piperazine rings is 1. The second-order valence-electron chi connectivity index (χ2n) is 11.1. The minimum Gasteiger partial charge on any atom is -0.352 e. The van der Waals surface area contributed by atoms with E-state index in [0.29, 0.717) is 13.1 Å². The number of benzene rings is 1. The molecule has 2 aliphatic rings. The molecule has 5 rings (SSSR count). The highest BCUT2D eigenvalue weighted by molar-refractivity contribution is 7.19. The Balaban J connectivity index is 1.42. The molecule has 0 bridgehead atoms. The number of aryl methyl sites for hydroxylation is 3. The topological polar surface area (TPSA) is 61.4 Å². The number of fused-ring (bicyclic) bond motifs is 3. The van der Waals surface area contributed by atoms with Crippen LogP contribution in [-0.4, -0.2) is 52.6 Å². The number of aromatic nitrogens is 2. The zero-order valence-corrected chi connectivity index (χ0v) is 22.2. The Kier molecular flexibility index (Phi) is 6.71. The zero-order valence-electron chi connectivity index (χ0n) is 21.4. The van der Waals surface area contributed by atoms with Gasteiger partial charge in [-0.15, -0.1) is 11.3 Å². The zero-order chi connectivity index (χ0) is 24.6. The van der Waals surface area contributed by atoms with Gasteiger partial charge in [-0.2, -0.15) is 0 Å². The second-order valence-corrected chi connectivity index (χ2v) is 12.2. The largest absolute Gasteiger partial charge is 0.352 e. The van der Waals surface area contributed by atoms with Gasteiger partial charge in [0.15, 0.2) is 0 Å². The molecule has 7 heteroatoms. The first-order valence-electron chi connectivity index (χ1n) is 12.9. The molecule has 0 saturated carbocycles. The molecule has 1 aliphatic carbocycles. The van der Waals surface area contributed by atoms with Gasteiger partial charge in [0, 0.05) is 43.0 Å². The average Bonchev–Trinajstić information content (AvgIpc) is 3.19. The van der Waals surface area contributed by atoms with Crippen molar-refractivity contribution in [2.75, 3.05) is 31.1 Å². The Morgan fingerprint density at radius 1 is 1.09 bits per heavy atom. The predicted molar refractivity (Wildman–Crippen MR) is 145 cm³/mol. The van der Waals surface area contributed by atoms with Crippen LogP contribution in [0.25, 0.3) is 10.2 Å². The lowest BCUT2D eigenvalue weighted by Gasteiger charge is -2.37. The second kappa shape index (κ2) is 9.76. The Hall–Kier alpha value is -2.67. The van der Waals surface area contributed by atoms with Crippen LogP contribution in [0, 0.1) is 5.92 Å². The van der Waals surface area contributed by atoms with Crippen molar-refractivity contribution in [3.05, 3.63) is 52.2 Å². The van der Waals surface area contributed by atoms with Crippen LogP contribution in [0.2, 0.25) is 0 Å². The van der Waals surface area contributed by atoms with Crippen molar-refractivity contribution in [2.24, 2.45) is 5.92 Å². The molecule has 1 atom stereocenters. The van der Waals surface area contributed by atoms with E-state index in [1.165, 1.54) is 27.8 Å². The summed E-state index contributed by atoms with van der Waals surface area (Å²) in [5, 5.41) is 4.37. The lowest BCUT2D eigenvalue weighted by Crippen LogP contribution is -2.55. The Labute approximate surface area is 212 Å². The number of nitrogens with one attached hydrogen (secondary N) is 1. The van der Waals surface area contributed by atoms with Gasteiger partial charge in [0.1, 0.15) is 16.5 Å². The number of hydrogen-bond acceptors (Lipinski definition) is 5. The van der Waals surface area contributed by atoms with Gasteiger partial charge >= 0.3 is 6.03 Å². The van der Waals surface area contributed by atoms with E-state index < -0.39 is 0 Å². The number of hydrogen-bond donors (Lipinski definition) is 1. The third kappa shape index (κ3) is 5.45. The van der Waals surface area contributed by atoms with Crippen LogP contribution >= 0.6 is 11.3 Å². The Morgan fingerprint density at radius 3 is 2.54 bits per heavy atom. The summed E-state index contributed by atoms with van der Waals surface area (Å²) >= 11 is 1.88. The molecule has 1 saturated heterocycles. The van der Waals surface area contributed by atoms with Crippen LogP contribution < -0.4 is 10.2 Å². The van der Waals surface area contributed by atoms with Crippen molar-refractivity contribution >= 4 is 33.4 Å². The normalized spacial score (nSPS) is 18.6. The summed E-state index contributed by atoms with van der Waals surface area (Å²) in [6.07, 6.45) is 5.27. The van der Waals surface area contributed by atoms with Gasteiger partial charge < -0.3 is 15.1 Å². The number of rotatable bonds is 4. The third-order valence-electron chi connectivity index (χ3n) is 7.01. The lowest BCUT2D eigenvalue weighted by molar-refractivity contribution is 0.185. The van der Waals surface area contributed by atoms with Gasteiger partial charge in [0.05, 0.1) is 5.39 Å². The van der Waals surface area contributed by atoms with E-state index in [0.717, 1.165) is 61.2 Å². The molecule has 1 fully saturated rings. The maximum absolute atomic E-state index is 12.7. The number of nitrogens with zero attached hydrogens (tertiary/aromatic N) is 4. The van der Waals surface area contributed by atoms with E-state index in [4.69, 9.17) is 9.97 Å². The Bertz CT molecular complexity index is 1190. The molecule has 3 aromatic rings. The van der Waals surface area contributed by atoms with Gasteiger partial charge in [-0.3, -0.25) is 0 Å². The van der Waals surface area contributed by atoms with Crippen LogP contribution in [0.15, 0.2) is 30.3 Å². The smallest absolute Gasteiger partial charge is 0.317 e. The van der Waals surface area contributed by atoms with E-state index in [1.54, 1.807) is 0 Å². The van der Waals surface area contributed by atoms with Crippen LogP contribution in [-0.2, 0) is 25.7 Å². The van der Waals surface area contributed by atoms with Gasteiger partial charge in [0.2, 0.25) is 0 Å². The first-order chi connectivity index (χ1) is 16.8. The minimum atomic E-state index is -0.229. The molecule has 0 unspecified atom stereocenters. The maximum atomic E-state index is 12.7. The fraction of sp³-hybridized carbons (Fsp3) is 0.536. The average molecular weight is 492 g/mol. The van der Waals surface area contributed by atoms with E-state index in [9.17, 15) is 4.79 Å². The quantitative estimate of drug-likeness (QED) is 0.543. The molecule has 2 amide bonds. The predicted octanol–water partition coefficient (Wildman–Crippen LogP) is 5.23. The number of thiophene rings is 1. The molecule has 0 radical (unpaired) electrons. The van der Waals surface area contributed by atoms with Gasteiger partial charge in [0.25, 0.3) is 0 Å². The molecule has 3 heterocycles. The minimum absolute atomic E-state index is 0.0236. The van der Waals surface area contributed by atoms with Crippen molar-refractivity contribution in [3.8, 4) is 0 Å². The summed E-state index contributed by atoms with van der Waals surface area (Å²) in [6.45, 7) is 11.4. The summed E-state index contributed by atoms with van der Waals surface area (Å²) in [6, 6.07) is 10.6. The summed E-state index contributed by atoms with van der Waals surface area (Å²) < 4.78 is 0. The highest BCUT2D eigenvalue weighted by Gasteiger charge is 2.29. The highest BCUT2D eigenvalue weighted by atomic mass is 32.1. The molecule has 1 aliphatic heterocycles. The van der Waals surface area contributed by atoms with Crippen molar-refractivity contribution in [2.45, 2.75) is 65.3 Å². The number of amides is 2.